The van der Waals surface area contributed by atoms with Gasteiger partial charge in [-0.1, -0.05) is 48.5 Å². The van der Waals surface area contributed by atoms with Crippen molar-refractivity contribution in [3.05, 3.63) is 65.7 Å². The molecule has 0 radical (unpaired) electrons. The Bertz CT molecular complexity index is 618. The van der Waals surface area contributed by atoms with Crippen molar-refractivity contribution in [2.24, 2.45) is 5.73 Å². The van der Waals surface area contributed by atoms with Gasteiger partial charge in [0, 0.05) is 31.6 Å². The number of nitrogens with zero attached hydrogens (tertiary/aromatic N) is 1. The molecule has 0 amide bonds. The molecule has 0 saturated carbocycles. The number of anilines is 1. The Hall–Kier alpha value is -1.94. The Balaban J connectivity index is 1.88. The van der Waals surface area contributed by atoms with E-state index in [2.05, 4.69) is 0 Å². The number of nitrogens with two attached hydrogens (primary N) is 1. The normalized spacial score (nSPS) is 19.0. The van der Waals surface area contributed by atoms with Gasteiger partial charge < -0.3 is 10.6 Å². The SMILES string of the molecule is NC(c1ccccc1)c1ccccc1N1CCC(F)(F)CC1. The molecule has 1 saturated heterocycles. The van der Waals surface area contributed by atoms with Crippen LogP contribution in [0, 0.1) is 0 Å². The van der Waals surface area contributed by atoms with E-state index in [1.807, 2.05) is 59.5 Å². The van der Waals surface area contributed by atoms with Gasteiger partial charge in [0.2, 0.25) is 0 Å². The largest absolute Gasteiger partial charge is 0.371 e. The lowest BCUT2D eigenvalue weighted by atomic mass is 9.96. The predicted octanol–water partition coefficient (Wildman–Crippen LogP) is 3.97. The maximum Gasteiger partial charge on any atom is 0.251 e. The molecule has 1 aliphatic rings. The second kappa shape index (κ2) is 6.05. The van der Waals surface area contributed by atoms with Crippen molar-refractivity contribution >= 4 is 5.69 Å². The van der Waals surface area contributed by atoms with Gasteiger partial charge in [0.25, 0.3) is 5.92 Å². The Morgan fingerprint density at radius 3 is 2.18 bits per heavy atom. The van der Waals surface area contributed by atoms with Crippen LogP contribution >= 0.6 is 0 Å². The number of para-hydroxylation sites is 1. The molecule has 2 aromatic carbocycles. The molecule has 22 heavy (non-hydrogen) atoms. The zero-order valence-electron chi connectivity index (χ0n) is 12.4. The van der Waals surface area contributed by atoms with E-state index in [0.717, 1.165) is 16.8 Å². The third kappa shape index (κ3) is 3.12. The molecular weight excluding hydrogens is 282 g/mol. The summed E-state index contributed by atoms with van der Waals surface area (Å²) in [6.07, 6.45) is -0.191. The summed E-state index contributed by atoms with van der Waals surface area (Å²) in [5, 5.41) is 0. The fraction of sp³-hybridized carbons (Fsp3) is 0.333. The van der Waals surface area contributed by atoms with E-state index in [4.69, 9.17) is 5.73 Å². The molecule has 0 spiro atoms. The van der Waals surface area contributed by atoms with Gasteiger partial charge in [-0.3, -0.25) is 0 Å². The van der Waals surface area contributed by atoms with E-state index >= 15 is 0 Å². The standard InChI is InChI=1S/C18H20F2N2/c19-18(20)10-12-22(13-11-18)16-9-5-4-8-15(16)17(21)14-6-2-1-3-7-14/h1-9,17H,10-13,21H2. The Kier molecular flexibility index (Phi) is 4.12. The van der Waals surface area contributed by atoms with E-state index in [1.165, 1.54) is 0 Å². The zero-order chi connectivity index (χ0) is 15.6. The van der Waals surface area contributed by atoms with Crippen LogP contribution in [0.3, 0.4) is 0 Å². The Labute approximate surface area is 129 Å². The van der Waals surface area contributed by atoms with E-state index in [0.29, 0.717) is 13.1 Å². The number of benzene rings is 2. The van der Waals surface area contributed by atoms with Crippen LogP contribution in [-0.2, 0) is 0 Å². The van der Waals surface area contributed by atoms with Crippen LogP contribution in [0.25, 0.3) is 0 Å². The molecule has 2 nitrogen and oxygen atoms in total. The van der Waals surface area contributed by atoms with Crippen molar-refractivity contribution in [1.82, 2.24) is 0 Å². The molecule has 0 aromatic heterocycles. The maximum absolute atomic E-state index is 13.4. The molecular formula is C18H20F2N2. The topological polar surface area (TPSA) is 29.3 Å². The average Bonchev–Trinajstić information content (AvgIpc) is 2.55. The van der Waals surface area contributed by atoms with Gasteiger partial charge in [-0.05, 0) is 17.2 Å². The van der Waals surface area contributed by atoms with Crippen molar-refractivity contribution < 1.29 is 8.78 Å². The lowest BCUT2D eigenvalue weighted by Gasteiger charge is -2.35. The first kappa shape index (κ1) is 15.0. The number of rotatable bonds is 3. The number of alkyl halides is 2. The summed E-state index contributed by atoms with van der Waals surface area (Å²) in [4.78, 5) is 2.02. The highest BCUT2D eigenvalue weighted by atomic mass is 19.3. The van der Waals surface area contributed by atoms with Crippen molar-refractivity contribution in [3.63, 3.8) is 0 Å². The first-order valence-corrected chi connectivity index (χ1v) is 7.59. The second-order valence-electron chi connectivity index (χ2n) is 5.79. The quantitative estimate of drug-likeness (QED) is 0.929. The van der Waals surface area contributed by atoms with Gasteiger partial charge in [0.1, 0.15) is 0 Å². The molecule has 1 unspecified atom stereocenters. The van der Waals surface area contributed by atoms with E-state index in [1.54, 1.807) is 0 Å². The van der Waals surface area contributed by atoms with E-state index < -0.39 is 5.92 Å². The monoisotopic (exact) mass is 302 g/mol. The maximum atomic E-state index is 13.4. The van der Waals surface area contributed by atoms with Crippen molar-refractivity contribution in [1.29, 1.82) is 0 Å². The van der Waals surface area contributed by atoms with Crippen molar-refractivity contribution in [2.75, 3.05) is 18.0 Å². The number of hydrogen-bond acceptors (Lipinski definition) is 2. The van der Waals surface area contributed by atoms with Gasteiger partial charge in [-0.2, -0.15) is 0 Å². The van der Waals surface area contributed by atoms with Crippen LogP contribution in [0.2, 0.25) is 0 Å². The summed E-state index contributed by atoms with van der Waals surface area (Å²) in [5.41, 5.74) is 9.38. The lowest BCUT2D eigenvalue weighted by molar-refractivity contribution is -0.0220. The molecule has 116 valence electrons. The van der Waals surface area contributed by atoms with Gasteiger partial charge >= 0.3 is 0 Å². The highest BCUT2D eigenvalue weighted by Crippen LogP contribution is 2.34. The first-order valence-electron chi connectivity index (χ1n) is 7.59. The van der Waals surface area contributed by atoms with Crippen LogP contribution in [0.5, 0.6) is 0 Å². The minimum Gasteiger partial charge on any atom is -0.371 e. The van der Waals surface area contributed by atoms with E-state index in [-0.39, 0.29) is 18.9 Å². The summed E-state index contributed by atoms with van der Waals surface area (Å²) in [6, 6.07) is 17.4. The fourth-order valence-corrected chi connectivity index (χ4v) is 2.95. The molecule has 4 heteroatoms. The molecule has 0 aliphatic carbocycles. The Morgan fingerprint density at radius 1 is 0.909 bits per heavy atom. The van der Waals surface area contributed by atoms with Crippen LogP contribution in [0.4, 0.5) is 14.5 Å². The average molecular weight is 302 g/mol. The van der Waals surface area contributed by atoms with Crippen molar-refractivity contribution in [2.45, 2.75) is 24.8 Å². The molecule has 3 rings (SSSR count). The van der Waals surface area contributed by atoms with Gasteiger partial charge in [0.05, 0.1) is 6.04 Å². The van der Waals surface area contributed by atoms with Gasteiger partial charge in [0.15, 0.2) is 0 Å². The smallest absolute Gasteiger partial charge is 0.251 e. The summed E-state index contributed by atoms with van der Waals surface area (Å²) < 4.78 is 26.7. The lowest BCUT2D eigenvalue weighted by Crippen LogP contribution is -2.40. The van der Waals surface area contributed by atoms with Gasteiger partial charge in [-0.15, -0.1) is 0 Å². The summed E-state index contributed by atoms with van der Waals surface area (Å²) in [6.45, 7) is 0.733. The Morgan fingerprint density at radius 2 is 1.50 bits per heavy atom. The molecule has 2 aromatic rings. The third-order valence-corrected chi connectivity index (χ3v) is 4.27. The minimum atomic E-state index is -2.53. The molecule has 2 N–H and O–H groups in total. The third-order valence-electron chi connectivity index (χ3n) is 4.27. The first-order chi connectivity index (χ1) is 10.6. The van der Waals surface area contributed by atoms with E-state index in [9.17, 15) is 8.78 Å². The summed E-state index contributed by atoms with van der Waals surface area (Å²) in [5.74, 6) is -2.53. The highest BCUT2D eigenvalue weighted by Gasteiger charge is 2.34. The molecule has 1 aliphatic heterocycles. The highest BCUT2D eigenvalue weighted by molar-refractivity contribution is 5.57. The number of hydrogen-bond donors (Lipinski definition) is 1. The molecule has 1 fully saturated rings. The van der Waals surface area contributed by atoms with Crippen molar-refractivity contribution in [3.8, 4) is 0 Å². The minimum absolute atomic E-state index is 0.0953. The second-order valence-corrected chi connectivity index (χ2v) is 5.79. The number of halogens is 2. The molecule has 1 atom stereocenters. The van der Waals surface area contributed by atoms with Gasteiger partial charge in [-0.25, -0.2) is 8.78 Å². The predicted molar refractivity (Wildman–Crippen MR) is 85.3 cm³/mol. The van der Waals surface area contributed by atoms with Crippen LogP contribution in [0.15, 0.2) is 54.6 Å². The fourth-order valence-electron chi connectivity index (χ4n) is 2.95. The molecule has 1 heterocycles. The van der Waals surface area contributed by atoms with Crippen LogP contribution in [-0.4, -0.2) is 19.0 Å². The van der Waals surface area contributed by atoms with Crippen LogP contribution in [0.1, 0.15) is 30.0 Å². The summed E-state index contributed by atoms with van der Waals surface area (Å²) in [7, 11) is 0. The molecule has 0 bridgehead atoms. The number of piperidine rings is 1. The summed E-state index contributed by atoms with van der Waals surface area (Å²) >= 11 is 0. The van der Waals surface area contributed by atoms with Crippen LogP contribution < -0.4 is 10.6 Å². The zero-order valence-corrected chi connectivity index (χ0v) is 12.4.